The Morgan fingerprint density at radius 2 is 2.27 bits per heavy atom. The van der Waals surface area contributed by atoms with Gasteiger partial charge in [0.1, 0.15) is 30.0 Å². The van der Waals surface area contributed by atoms with Crippen LogP contribution in [0.2, 0.25) is 0 Å². The van der Waals surface area contributed by atoms with E-state index >= 15 is 0 Å². The van der Waals surface area contributed by atoms with Gasteiger partial charge in [-0.2, -0.15) is 0 Å². The van der Waals surface area contributed by atoms with Gasteiger partial charge in [0, 0.05) is 24.5 Å². The van der Waals surface area contributed by atoms with Gasteiger partial charge in [-0.15, -0.1) is 0 Å². The van der Waals surface area contributed by atoms with Crippen LogP contribution in [0.25, 0.3) is 11.0 Å². The van der Waals surface area contributed by atoms with Crippen molar-refractivity contribution in [2.75, 3.05) is 18.5 Å². The molecule has 9 heteroatoms. The molecule has 0 bridgehead atoms. The van der Waals surface area contributed by atoms with Crippen LogP contribution in [-0.4, -0.2) is 45.0 Å². The largest absolute Gasteiger partial charge is 0.394 e. The average Bonchev–Trinajstić information content (AvgIpc) is 3.02. The van der Waals surface area contributed by atoms with Crippen LogP contribution in [0.3, 0.4) is 0 Å². The Hall–Kier alpha value is -3.01. The van der Waals surface area contributed by atoms with Gasteiger partial charge in [0.05, 0.1) is 17.9 Å². The molecule has 1 unspecified atom stereocenters. The summed E-state index contributed by atoms with van der Waals surface area (Å²) in [5, 5.41) is 21.8. The fraction of sp³-hybridized carbons (Fsp3) is 0.333. The number of anilines is 1. The number of carbonyl (C=O) groups excluding carboxylic acids is 1. The maximum absolute atomic E-state index is 14.7. The molecular formula is C21H25FN4O4. The molecule has 3 rings (SSSR count). The van der Waals surface area contributed by atoms with Crippen molar-refractivity contribution in [3.63, 3.8) is 0 Å². The fourth-order valence-corrected chi connectivity index (χ4v) is 3.30. The number of halogens is 1. The third-order valence-electron chi connectivity index (χ3n) is 4.90. The molecular weight excluding hydrogens is 391 g/mol. The van der Waals surface area contributed by atoms with E-state index in [1.807, 2.05) is 19.9 Å². The van der Waals surface area contributed by atoms with E-state index in [1.54, 1.807) is 36.0 Å². The van der Waals surface area contributed by atoms with Crippen molar-refractivity contribution in [3.8, 4) is 0 Å². The number of carbonyl (C=O) groups is 1. The number of hydrogen-bond donors (Lipinski definition) is 4. The highest BCUT2D eigenvalue weighted by molar-refractivity contribution is 6.11. The first-order chi connectivity index (χ1) is 14.4. The summed E-state index contributed by atoms with van der Waals surface area (Å²) >= 11 is 0. The Morgan fingerprint density at radius 3 is 2.97 bits per heavy atom. The highest BCUT2D eigenvalue weighted by Gasteiger charge is 2.25. The number of aryl methyl sites for hydroxylation is 1. The van der Waals surface area contributed by atoms with Gasteiger partial charge in [0.15, 0.2) is 0 Å². The Morgan fingerprint density at radius 1 is 1.50 bits per heavy atom. The number of amides is 1. The summed E-state index contributed by atoms with van der Waals surface area (Å²) in [4.78, 5) is 22.2. The molecule has 2 atom stereocenters. The predicted octanol–water partition coefficient (Wildman–Crippen LogP) is 2.33. The third kappa shape index (κ3) is 4.28. The average molecular weight is 416 g/mol. The molecule has 30 heavy (non-hydrogen) atoms. The zero-order chi connectivity index (χ0) is 21.8. The lowest BCUT2D eigenvalue weighted by molar-refractivity contribution is -0.0294. The first-order valence-electron chi connectivity index (χ1n) is 9.54. The van der Waals surface area contributed by atoms with Crippen LogP contribution in [0.5, 0.6) is 0 Å². The second-order valence-electron chi connectivity index (χ2n) is 7.01. The Balaban J connectivity index is 1.96. The minimum Gasteiger partial charge on any atom is -0.394 e. The van der Waals surface area contributed by atoms with Gasteiger partial charge in [-0.25, -0.2) is 14.9 Å². The van der Waals surface area contributed by atoms with Crippen molar-refractivity contribution in [2.24, 2.45) is 13.0 Å². The molecule has 0 fully saturated rings. The number of aromatic nitrogens is 2. The first-order valence-corrected chi connectivity index (χ1v) is 9.54. The van der Waals surface area contributed by atoms with Crippen molar-refractivity contribution < 1.29 is 24.2 Å². The van der Waals surface area contributed by atoms with Crippen molar-refractivity contribution >= 4 is 22.8 Å². The number of fused-ring (bicyclic) bond motifs is 1. The third-order valence-corrected chi connectivity index (χ3v) is 4.90. The fourth-order valence-electron chi connectivity index (χ4n) is 3.30. The lowest BCUT2D eigenvalue weighted by atomic mass is 9.94. The van der Waals surface area contributed by atoms with E-state index in [0.717, 1.165) is 5.57 Å². The maximum atomic E-state index is 14.7. The van der Waals surface area contributed by atoms with E-state index in [1.165, 1.54) is 6.08 Å². The van der Waals surface area contributed by atoms with E-state index in [-0.39, 0.29) is 23.8 Å². The normalized spacial score (nSPS) is 18.9. The van der Waals surface area contributed by atoms with Crippen LogP contribution in [0.15, 0.2) is 53.7 Å². The van der Waals surface area contributed by atoms with Crippen LogP contribution in [0.1, 0.15) is 24.2 Å². The van der Waals surface area contributed by atoms with Crippen LogP contribution in [0, 0.1) is 5.92 Å². The molecule has 2 aromatic rings. The molecule has 0 radical (unpaired) electrons. The second-order valence-corrected chi connectivity index (χ2v) is 7.01. The van der Waals surface area contributed by atoms with Gasteiger partial charge in [-0.3, -0.25) is 9.63 Å². The number of rotatable bonds is 7. The maximum Gasteiger partial charge on any atom is 0.279 e. The summed E-state index contributed by atoms with van der Waals surface area (Å²) in [6.07, 6.45) is 5.56. The summed E-state index contributed by atoms with van der Waals surface area (Å²) in [7, 11) is 1.72. The molecule has 1 amide bonds. The highest BCUT2D eigenvalue weighted by atomic mass is 19.1. The van der Waals surface area contributed by atoms with Crippen molar-refractivity contribution in [1.82, 2.24) is 15.0 Å². The summed E-state index contributed by atoms with van der Waals surface area (Å²) in [6, 6.07) is 3.42. The summed E-state index contributed by atoms with van der Waals surface area (Å²) in [5.74, 6) is -0.679. The van der Waals surface area contributed by atoms with Gasteiger partial charge in [0.25, 0.3) is 5.91 Å². The van der Waals surface area contributed by atoms with Gasteiger partial charge in [-0.1, -0.05) is 19.1 Å². The molecule has 0 saturated carbocycles. The topological polar surface area (TPSA) is 109 Å². The Kier molecular flexibility index (Phi) is 6.66. The van der Waals surface area contributed by atoms with E-state index < -0.39 is 24.4 Å². The smallest absolute Gasteiger partial charge is 0.279 e. The first kappa shape index (κ1) is 21.7. The summed E-state index contributed by atoms with van der Waals surface area (Å²) in [6.45, 7) is 3.04. The molecule has 2 aromatic heterocycles. The summed E-state index contributed by atoms with van der Waals surface area (Å²) in [5.41, 5.74) is 4.13. The lowest BCUT2D eigenvalue weighted by Gasteiger charge is -2.20. The zero-order valence-corrected chi connectivity index (χ0v) is 17.0. The van der Waals surface area contributed by atoms with Crippen molar-refractivity contribution in [1.29, 1.82) is 0 Å². The minimum absolute atomic E-state index is 0.00499. The van der Waals surface area contributed by atoms with Crippen LogP contribution in [-0.2, 0) is 11.9 Å². The number of nitrogens with one attached hydrogen (secondary N) is 2. The molecule has 2 heterocycles. The van der Waals surface area contributed by atoms with Gasteiger partial charge in [0.2, 0.25) is 0 Å². The van der Waals surface area contributed by atoms with Crippen molar-refractivity contribution in [2.45, 2.75) is 20.0 Å². The molecule has 0 saturated heterocycles. The second kappa shape index (κ2) is 9.21. The zero-order valence-electron chi connectivity index (χ0n) is 17.0. The quantitative estimate of drug-likeness (QED) is 0.516. The molecule has 0 spiro atoms. The monoisotopic (exact) mass is 416 g/mol. The number of hydroxylamine groups is 1. The number of nitrogens with zero attached hydrogens (tertiary/aromatic N) is 2. The standard InChI is InChI=1S/C21H25FN4O4/c1-4-13-9-16(22)17(8-12(13)2)24-20-18(21(29)25-30-11-14(28)10-27)15-6-5-7-23-19(15)26(20)3/h4-9,12,14,24,27-28H,10-11H2,1-3H3,(H,25,29)/b13-4-/t12?,14-/m0/s1. The van der Waals surface area contributed by atoms with E-state index in [9.17, 15) is 14.3 Å². The molecule has 0 aliphatic heterocycles. The molecule has 1 aliphatic carbocycles. The van der Waals surface area contributed by atoms with E-state index in [2.05, 4.69) is 15.8 Å². The Labute approximate surface area is 173 Å². The van der Waals surface area contributed by atoms with Gasteiger partial charge in [-0.05, 0) is 30.7 Å². The summed E-state index contributed by atoms with van der Waals surface area (Å²) < 4.78 is 16.3. The van der Waals surface area contributed by atoms with Crippen molar-refractivity contribution in [3.05, 3.63) is 59.2 Å². The molecule has 0 aromatic carbocycles. The number of aliphatic hydroxyl groups is 2. The van der Waals surface area contributed by atoms with E-state index in [0.29, 0.717) is 16.9 Å². The van der Waals surface area contributed by atoms with Gasteiger partial charge < -0.3 is 20.1 Å². The Bertz CT molecular complexity index is 1040. The molecule has 1 aliphatic rings. The number of aliphatic hydroxyl groups excluding tert-OH is 2. The lowest BCUT2D eigenvalue weighted by Crippen LogP contribution is -2.30. The van der Waals surface area contributed by atoms with Crippen LogP contribution < -0.4 is 10.8 Å². The van der Waals surface area contributed by atoms with E-state index in [4.69, 9.17) is 9.94 Å². The predicted molar refractivity (Wildman–Crippen MR) is 111 cm³/mol. The molecule has 160 valence electrons. The SMILES string of the molecule is C/C=C1/C=C(F)C(Nc2c(C(=O)NOC[C@@H](O)CO)c3cccnc3n2C)=CC1C. The minimum atomic E-state index is -1.12. The molecule has 4 N–H and O–H groups in total. The van der Waals surface area contributed by atoms with Crippen LogP contribution >= 0.6 is 0 Å². The number of allylic oxidation sites excluding steroid dienone is 5. The molecule has 8 nitrogen and oxygen atoms in total. The number of hydrogen-bond acceptors (Lipinski definition) is 6. The number of pyridine rings is 1. The van der Waals surface area contributed by atoms with Gasteiger partial charge >= 0.3 is 0 Å². The van der Waals surface area contributed by atoms with Crippen LogP contribution in [0.4, 0.5) is 10.2 Å². The highest BCUT2D eigenvalue weighted by Crippen LogP contribution is 2.33.